The maximum atomic E-state index is 12.6. The molecule has 2 atom stereocenters. The van der Waals surface area contributed by atoms with Crippen LogP contribution in [0.25, 0.3) is 0 Å². The van der Waals surface area contributed by atoms with Gasteiger partial charge in [-0.3, -0.25) is 14.4 Å². The number of nitrogens with zero attached hydrogens (tertiary/aromatic N) is 1. The van der Waals surface area contributed by atoms with Crippen molar-refractivity contribution in [1.82, 2.24) is 10.2 Å². The first-order chi connectivity index (χ1) is 10.9. The maximum absolute atomic E-state index is 12.6. The molecule has 0 unspecified atom stereocenters. The van der Waals surface area contributed by atoms with Gasteiger partial charge in [-0.25, -0.2) is 0 Å². The van der Waals surface area contributed by atoms with Crippen molar-refractivity contribution in [3.63, 3.8) is 0 Å². The molecule has 2 amide bonds. The van der Waals surface area contributed by atoms with Crippen molar-refractivity contribution in [3.8, 4) is 0 Å². The van der Waals surface area contributed by atoms with E-state index in [9.17, 15) is 19.5 Å². The first-order valence-corrected chi connectivity index (χ1v) is 7.77. The van der Waals surface area contributed by atoms with E-state index >= 15 is 0 Å². The number of nitrogens with one attached hydrogen (secondary N) is 1. The van der Waals surface area contributed by atoms with Gasteiger partial charge < -0.3 is 15.3 Å². The molecular weight excluding hydrogens is 296 g/mol. The highest BCUT2D eigenvalue weighted by Crippen LogP contribution is 2.25. The van der Waals surface area contributed by atoms with E-state index in [0.717, 1.165) is 5.56 Å². The molecule has 23 heavy (non-hydrogen) atoms. The summed E-state index contributed by atoms with van der Waals surface area (Å²) in [5.74, 6) is -1.60. The molecule has 1 aromatic rings. The van der Waals surface area contributed by atoms with Gasteiger partial charge in [0.05, 0.1) is 5.92 Å². The van der Waals surface area contributed by atoms with Crippen molar-refractivity contribution in [3.05, 3.63) is 35.4 Å². The van der Waals surface area contributed by atoms with Crippen LogP contribution in [-0.2, 0) is 16.1 Å². The Morgan fingerprint density at radius 2 is 1.91 bits per heavy atom. The fourth-order valence-electron chi connectivity index (χ4n) is 2.92. The van der Waals surface area contributed by atoms with Gasteiger partial charge in [0.15, 0.2) is 0 Å². The van der Waals surface area contributed by atoms with Crippen LogP contribution in [0.4, 0.5) is 0 Å². The minimum absolute atomic E-state index is 0.105. The summed E-state index contributed by atoms with van der Waals surface area (Å²) >= 11 is 0. The summed E-state index contributed by atoms with van der Waals surface area (Å²) in [5, 5.41) is 11.9. The second kappa shape index (κ2) is 7.26. The zero-order valence-corrected chi connectivity index (χ0v) is 13.4. The summed E-state index contributed by atoms with van der Waals surface area (Å²) in [4.78, 5) is 36.4. The fraction of sp³-hybridized carbons (Fsp3) is 0.471. The Kier molecular flexibility index (Phi) is 5.36. The maximum Gasteiger partial charge on any atom is 0.308 e. The molecule has 1 fully saturated rings. The summed E-state index contributed by atoms with van der Waals surface area (Å²) < 4.78 is 0. The highest BCUT2D eigenvalue weighted by Gasteiger charge is 2.35. The van der Waals surface area contributed by atoms with Gasteiger partial charge in [-0.05, 0) is 37.5 Å². The Hall–Kier alpha value is -2.37. The highest BCUT2D eigenvalue weighted by molar-refractivity contribution is 5.95. The third-order valence-electron chi connectivity index (χ3n) is 4.31. The van der Waals surface area contributed by atoms with Crippen molar-refractivity contribution in [2.45, 2.75) is 39.3 Å². The summed E-state index contributed by atoms with van der Waals surface area (Å²) in [7, 11) is 0. The SMILES string of the molecule is CC(=O)NCc1ccc(C(=O)N2CCC[C@@H](C(=O)O)[C@H]2C)cc1. The lowest BCUT2D eigenvalue weighted by Crippen LogP contribution is -2.49. The van der Waals surface area contributed by atoms with E-state index < -0.39 is 11.9 Å². The number of carboxylic acids is 1. The van der Waals surface area contributed by atoms with Gasteiger partial charge in [0.2, 0.25) is 5.91 Å². The molecule has 1 saturated heterocycles. The number of rotatable bonds is 4. The van der Waals surface area contributed by atoms with Crippen LogP contribution in [-0.4, -0.2) is 40.4 Å². The van der Waals surface area contributed by atoms with Crippen molar-refractivity contribution in [2.75, 3.05) is 6.54 Å². The number of carbonyl (C=O) groups is 3. The predicted octanol–water partition coefficient (Wildman–Crippen LogP) is 1.65. The molecule has 6 heteroatoms. The van der Waals surface area contributed by atoms with Crippen molar-refractivity contribution in [2.24, 2.45) is 5.92 Å². The van der Waals surface area contributed by atoms with E-state index in [1.165, 1.54) is 6.92 Å². The molecular formula is C17H22N2O4. The van der Waals surface area contributed by atoms with Crippen molar-refractivity contribution < 1.29 is 19.5 Å². The Bertz CT molecular complexity index is 597. The van der Waals surface area contributed by atoms with Crippen LogP contribution in [0.3, 0.4) is 0 Å². The van der Waals surface area contributed by atoms with Gasteiger partial charge in [0, 0.05) is 31.6 Å². The van der Waals surface area contributed by atoms with Crippen molar-refractivity contribution >= 4 is 17.8 Å². The minimum Gasteiger partial charge on any atom is -0.481 e. The minimum atomic E-state index is -0.847. The van der Waals surface area contributed by atoms with Crippen LogP contribution >= 0.6 is 0 Å². The summed E-state index contributed by atoms with van der Waals surface area (Å²) in [6.45, 7) is 4.25. The average molecular weight is 318 g/mol. The quantitative estimate of drug-likeness (QED) is 0.884. The van der Waals surface area contributed by atoms with E-state index in [1.54, 1.807) is 36.1 Å². The largest absolute Gasteiger partial charge is 0.481 e. The number of aliphatic carboxylic acids is 1. The second-order valence-electron chi connectivity index (χ2n) is 5.93. The standard InChI is InChI=1S/C17H22N2O4/c1-11-15(17(22)23)4-3-9-19(11)16(21)14-7-5-13(6-8-14)10-18-12(2)20/h5-8,11,15H,3-4,9-10H2,1-2H3,(H,18,20)(H,22,23)/t11-,15-/m1/s1. The van der Waals surface area contributed by atoms with E-state index in [0.29, 0.717) is 31.5 Å². The van der Waals surface area contributed by atoms with Crippen LogP contribution in [0.5, 0.6) is 0 Å². The van der Waals surface area contributed by atoms with E-state index in [2.05, 4.69) is 5.32 Å². The molecule has 0 aliphatic carbocycles. The van der Waals surface area contributed by atoms with E-state index in [4.69, 9.17) is 0 Å². The van der Waals surface area contributed by atoms with Crippen molar-refractivity contribution in [1.29, 1.82) is 0 Å². The predicted molar refractivity (Wildman–Crippen MR) is 84.8 cm³/mol. The lowest BCUT2D eigenvalue weighted by molar-refractivity contribution is -0.145. The molecule has 2 rings (SSSR count). The molecule has 0 bridgehead atoms. The number of piperidine rings is 1. The molecule has 0 radical (unpaired) electrons. The van der Waals surface area contributed by atoms with Gasteiger partial charge in [0.25, 0.3) is 5.91 Å². The first kappa shape index (κ1) is 17.0. The Labute approximate surface area is 135 Å². The topological polar surface area (TPSA) is 86.7 Å². The zero-order valence-electron chi connectivity index (χ0n) is 13.4. The summed E-state index contributed by atoms with van der Waals surface area (Å²) in [5.41, 5.74) is 1.45. The van der Waals surface area contributed by atoms with Crippen LogP contribution in [0.15, 0.2) is 24.3 Å². The third-order valence-corrected chi connectivity index (χ3v) is 4.31. The number of carboxylic acid groups (broad SMARTS) is 1. The third kappa shape index (κ3) is 4.09. The Morgan fingerprint density at radius 1 is 1.26 bits per heavy atom. The van der Waals surface area contributed by atoms with E-state index in [-0.39, 0.29) is 17.9 Å². The number of hydrogen-bond acceptors (Lipinski definition) is 3. The average Bonchev–Trinajstić information content (AvgIpc) is 2.52. The molecule has 0 aromatic heterocycles. The number of hydrogen-bond donors (Lipinski definition) is 2. The van der Waals surface area contributed by atoms with Gasteiger partial charge >= 0.3 is 5.97 Å². The molecule has 1 aromatic carbocycles. The van der Waals surface area contributed by atoms with Crippen LogP contribution < -0.4 is 5.32 Å². The fourth-order valence-corrected chi connectivity index (χ4v) is 2.92. The zero-order chi connectivity index (χ0) is 17.0. The molecule has 6 nitrogen and oxygen atoms in total. The number of carbonyl (C=O) groups excluding carboxylic acids is 2. The molecule has 2 N–H and O–H groups in total. The molecule has 124 valence electrons. The highest BCUT2D eigenvalue weighted by atomic mass is 16.4. The lowest BCUT2D eigenvalue weighted by atomic mass is 9.90. The molecule has 1 heterocycles. The lowest BCUT2D eigenvalue weighted by Gasteiger charge is -2.37. The number of amides is 2. The molecule has 0 spiro atoms. The molecule has 1 aliphatic rings. The Morgan fingerprint density at radius 3 is 2.48 bits per heavy atom. The monoisotopic (exact) mass is 318 g/mol. The van der Waals surface area contributed by atoms with Gasteiger partial charge in [-0.15, -0.1) is 0 Å². The molecule has 0 saturated carbocycles. The summed E-state index contributed by atoms with van der Waals surface area (Å²) in [6.07, 6.45) is 1.31. The second-order valence-corrected chi connectivity index (χ2v) is 5.93. The molecule has 1 aliphatic heterocycles. The normalized spacial score (nSPS) is 20.9. The first-order valence-electron chi connectivity index (χ1n) is 7.77. The number of likely N-dealkylation sites (tertiary alicyclic amines) is 1. The van der Waals surface area contributed by atoms with E-state index in [1.807, 2.05) is 0 Å². The number of benzene rings is 1. The van der Waals surface area contributed by atoms with Gasteiger partial charge in [-0.2, -0.15) is 0 Å². The Balaban J connectivity index is 2.07. The van der Waals surface area contributed by atoms with Crippen LogP contribution in [0.2, 0.25) is 0 Å². The van der Waals surface area contributed by atoms with Crippen LogP contribution in [0.1, 0.15) is 42.6 Å². The summed E-state index contributed by atoms with van der Waals surface area (Å²) in [6, 6.07) is 6.72. The van der Waals surface area contributed by atoms with Crippen LogP contribution in [0, 0.1) is 5.92 Å². The van der Waals surface area contributed by atoms with Gasteiger partial charge in [-0.1, -0.05) is 12.1 Å². The smallest absolute Gasteiger partial charge is 0.308 e. The van der Waals surface area contributed by atoms with Gasteiger partial charge in [0.1, 0.15) is 0 Å².